The van der Waals surface area contributed by atoms with Gasteiger partial charge < -0.3 is 28.4 Å². The normalized spacial score (nSPS) is 11.3. The molecule has 0 saturated carbocycles. The second-order valence-electron chi connectivity index (χ2n) is 14.6. The van der Waals surface area contributed by atoms with Crippen molar-refractivity contribution in [3.05, 3.63) is 180 Å². The topological polar surface area (TPSA) is 148 Å². The largest absolute Gasteiger partial charge is 0.496 e. The van der Waals surface area contributed by atoms with Gasteiger partial charge in [0.05, 0.1) is 38.7 Å². The van der Waals surface area contributed by atoms with Gasteiger partial charge in [-0.15, -0.1) is 5.10 Å². The molecule has 66 heavy (non-hydrogen) atoms. The van der Waals surface area contributed by atoms with E-state index < -0.39 is 5.97 Å². The van der Waals surface area contributed by atoms with Crippen LogP contribution in [0.1, 0.15) is 74.7 Å². The first kappa shape index (κ1) is 51.4. The third-order valence-electron chi connectivity index (χ3n) is 9.93. The summed E-state index contributed by atoms with van der Waals surface area (Å²) in [6.45, 7) is 10.5. The van der Waals surface area contributed by atoms with E-state index >= 15 is 0 Å². The number of carbonyl (C=O) groups is 4. The Morgan fingerprint density at radius 3 is 1.94 bits per heavy atom. The second-order valence-corrected chi connectivity index (χ2v) is 14.6. The highest BCUT2D eigenvalue weighted by molar-refractivity contribution is 6.24. The van der Waals surface area contributed by atoms with Crippen LogP contribution < -0.4 is 9.47 Å². The van der Waals surface area contributed by atoms with Crippen LogP contribution in [0.2, 0.25) is 0 Å². The fraction of sp³-hybridized carbons (Fsp3) is 0.259. The molecule has 0 spiro atoms. The third kappa shape index (κ3) is 16.7. The monoisotopic (exact) mass is 894 g/mol. The van der Waals surface area contributed by atoms with Gasteiger partial charge in [-0.3, -0.25) is 9.59 Å². The number of methoxy groups -OCH3 is 2. The highest BCUT2D eigenvalue weighted by Gasteiger charge is 2.24. The smallest absolute Gasteiger partial charge is 0.338 e. The van der Waals surface area contributed by atoms with Gasteiger partial charge in [0, 0.05) is 48.5 Å². The van der Waals surface area contributed by atoms with Gasteiger partial charge in [-0.25, -0.2) is 9.59 Å². The van der Waals surface area contributed by atoms with Crippen LogP contribution in [0.5, 0.6) is 11.5 Å². The van der Waals surface area contributed by atoms with Gasteiger partial charge in [0.15, 0.2) is 0 Å². The standard InChI is InChI=1S/C33H30N2O3.C18H24O6.C3H4O/c1-3-8-23-13-16-25(17-14-23)33(36)38-20-19-24-15-18-31(37-2)26(21-24)22-34-35-32-29-11-6-4-9-27(29)28-10-5-7-12-30(28)32;1-3-18(20)23-11-5-4-10-22-13-17(21-2)14-24-16-8-6-15(12-19)7-9-16;1-2-3-4/h4-7,9-18,21-22H,3,8,19-20H2,1-2H3;3,6-9,12,17H,1,4-5,10-11,13-14H2,2H3;2-3H,1H2/b34-22+;;. The first-order valence-electron chi connectivity index (χ1n) is 21.7. The first-order valence-corrected chi connectivity index (χ1v) is 21.7. The lowest BCUT2D eigenvalue weighted by Gasteiger charge is -2.16. The molecule has 6 rings (SSSR count). The number of ether oxygens (including phenoxy) is 6. The number of esters is 2. The summed E-state index contributed by atoms with van der Waals surface area (Å²) in [5, 5.41) is 9.04. The molecule has 0 aromatic heterocycles. The summed E-state index contributed by atoms with van der Waals surface area (Å²) in [4.78, 5) is 42.9. The average Bonchev–Trinajstić information content (AvgIpc) is 3.68. The van der Waals surface area contributed by atoms with E-state index in [2.05, 4.69) is 54.5 Å². The molecular formula is C54H58N2O10. The Balaban J connectivity index is 0.000000293. The Morgan fingerprint density at radius 1 is 0.712 bits per heavy atom. The molecule has 0 bridgehead atoms. The maximum atomic E-state index is 12.4. The Morgan fingerprint density at radius 2 is 1.35 bits per heavy atom. The number of fused-ring (bicyclic) bond motifs is 3. The summed E-state index contributed by atoms with van der Waals surface area (Å²) in [5.41, 5.74) is 9.58. The van der Waals surface area contributed by atoms with E-state index in [1.165, 1.54) is 22.8 Å². The van der Waals surface area contributed by atoms with Gasteiger partial charge in [-0.1, -0.05) is 93.2 Å². The van der Waals surface area contributed by atoms with Crippen LogP contribution in [0.25, 0.3) is 11.1 Å². The highest BCUT2D eigenvalue weighted by atomic mass is 16.6. The number of hydrogen-bond donors (Lipinski definition) is 0. The number of allylic oxidation sites excluding steroid dienone is 1. The molecule has 0 amide bonds. The van der Waals surface area contributed by atoms with Crippen molar-refractivity contribution in [2.75, 3.05) is 47.3 Å². The molecule has 12 heteroatoms. The number of aryl methyl sites for hydroxylation is 1. The molecule has 1 aliphatic carbocycles. The number of nitrogens with zero attached hydrogens (tertiary/aromatic N) is 2. The number of benzene rings is 5. The maximum absolute atomic E-state index is 12.4. The van der Waals surface area contributed by atoms with Gasteiger partial charge in [0.1, 0.15) is 42.5 Å². The van der Waals surface area contributed by atoms with Crippen LogP contribution in [-0.2, 0) is 41.4 Å². The Kier molecular flexibility index (Phi) is 22.7. The molecule has 0 fully saturated rings. The van der Waals surface area contributed by atoms with E-state index in [0.717, 1.165) is 66.0 Å². The van der Waals surface area contributed by atoms with Crippen molar-refractivity contribution in [3.63, 3.8) is 0 Å². The molecule has 0 radical (unpaired) electrons. The number of hydrogen-bond acceptors (Lipinski definition) is 12. The number of unbranched alkanes of at least 4 members (excludes halogenated alkanes) is 1. The molecule has 5 aromatic carbocycles. The van der Waals surface area contributed by atoms with E-state index in [0.29, 0.717) is 61.8 Å². The molecule has 1 atom stereocenters. The summed E-state index contributed by atoms with van der Waals surface area (Å²) >= 11 is 0. The third-order valence-corrected chi connectivity index (χ3v) is 9.93. The van der Waals surface area contributed by atoms with Gasteiger partial charge in [-0.2, -0.15) is 5.10 Å². The molecule has 0 heterocycles. The average molecular weight is 895 g/mol. The fourth-order valence-corrected chi connectivity index (χ4v) is 6.50. The van der Waals surface area contributed by atoms with Gasteiger partial charge >= 0.3 is 11.9 Å². The zero-order chi connectivity index (χ0) is 47.4. The van der Waals surface area contributed by atoms with Crippen LogP contribution >= 0.6 is 0 Å². The molecule has 0 aliphatic heterocycles. The molecular weight excluding hydrogens is 837 g/mol. The van der Waals surface area contributed by atoms with E-state index in [-0.39, 0.29) is 18.7 Å². The van der Waals surface area contributed by atoms with E-state index in [4.69, 9.17) is 33.2 Å². The van der Waals surface area contributed by atoms with Crippen molar-refractivity contribution < 1.29 is 47.6 Å². The predicted molar refractivity (Wildman–Crippen MR) is 258 cm³/mol. The van der Waals surface area contributed by atoms with Crippen LogP contribution in [0, 0.1) is 0 Å². The Bertz CT molecular complexity index is 2340. The lowest BCUT2D eigenvalue weighted by molar-refractivity contribution is -0.137. The van der Waals surface area contributed by atoms with Crippen LogP contribution in [-0.4, -0.2) is 89.8 Å². The predicted octanol–water partition coefficient (Wildman–Crippen LogP) is 9.69. The minimum atomic E-state index is -0.409. The summed E-state index contributed by atoms with van der Waals surface area (Å²) in [6, 6.07) is 36.9. The zero-order valence-electron chi connectivity index (χ0n) is 37.9. The summed E-state index contributed by atoms with van der Waals surface area (Å²) < 4.78 is 32.4. The van der Waals surface area contributed by atoms with Crippen molar-refractivity contribution >= 4 is 36.4 Å². The fourth-order valence-electron chi connectivity index (χ4n) is 6.50. The van der Waals surface area contributed by atoms with Gasteiger partial charge in [0.2, 0.25) is 0 Å². The quantitative estimate of drug-likeness (QED) is 0.0152. The van der Waals surface area contributed by atoms with Crippen LogP contribution in [0.3, 0.4) is 0 Å². The number of carbonyl (C=O) groups excluding carboxylic acids is 4. The van der Waals surface area contributed by atoms with Crippen molar-refractivity contribution in [2.24, 2.45) is 10.2 Å². The maximum Gasteiger partial charge on any atom is 0.338 e. The number of rotatable bonds is 23. The van der Waals surface area contributed by atoms with E-state index in [9.17, 15) is 14.4 Å². The van der Waals surface area contributed by atoms with Crippen LogP contribution in [0.15, 0.2) is 151 Å². The van der Waals surface area contributed by atoms with Crippen molar-refractivity contribution in [2.45, 2.75) is 45.1 Å². The first-order chi connectivity index (χ1) is 32.3. The zero-order valence-corrected chi connectivity index (χ0v) is 37.9. The van der Waals surface area contributed by atoms with E-state index in [1.807, 2.05) is 66.7 Å². The van der Waals surface area contributed by atoms with Crippen molar-refractivity contribution in [1.29, 1.82) is 0 Å². The van der Waals surface area contributed by atoms with Crippen LogP contribution in [0.4, 0.5) is 0 Å². The molecule has 5 aromatic rings. The Labute approximate surface area is 387 Å². The lowest BCUT2D eigenvalue weighted by atomic mass is 10.1. The van der Waals surface area contributed by atoms with Crippen molar-refractivity contribution in [1.82, 2.24) is 0 Å². The SMILES string of the molecule is C=CC(=O)OCCCCOCC(COc1ccc(C=O)cc1)OC.C=CC=O.CCCc1ccc(C(=O)OCCc2ccc(OC)c(/C=N/N=C3c4ccccc4-c4ccccc43)c2)cc1. The number of aldehydes is 2. The minimum absolute atomic E-state index is 0.186. The molecule has 1 aliphatic rings. The van der Waals surface area contributed by atoms with Gasteiger partial charge in [0.25, 0.3) is 0 Å². The molecule has 0 N–H and O–H groups in total. The lowest BCUT2D eigenvalue weighted by Crippen LogP contribution is -2.26. The highest BCUT2D eigenvalue weighted by Crippen LogP contribution is 2.36. The second kappa shape index (κ2) is 29.2. The summed E-state index contributed by atoms with van der Waals surface area (Å²) in [6.07, 6.45) is 9.47. The molecule has 12 nitrogen and oxygen atoms in total. The molecule has 344 valence electrons. The molecule has 1 unspecified atom stereocenters. The minimum Gasteiger partial charge on any atom is -0.496 e. The van der Waals surface area contributed by atoms with Crippen molar-refractivity contribution in [3.8, 4) is 22.6 Å². The Hall–Kier alpha value is -7.28. The van der Waals surface area contributed by atoms with Gasteiger partial charge in [-0.05, 0) is 96.1 Å². The summed E-state index contributed by atoms with van der Waals surface area (Å²) in [5.74, 6) is 0.658. The van der Waals surface area contributed by atoms with E-state index in [1.54, 1.807) is 44.7 Å². The molecule has 0 saturated heterocycles. The summed E-state index contributed by atoms with van der Waals surface area (Å²) in [7, 11) is 3.23.